The number of aryl methyl sites for hydroxylation is 2. The molecule has 138 valence electrons. The summed E-state index contributed by atoms with van der Waals surface area (Å²) in [4.78, 5) is 38.2. The maximum Gasteiger partial charge on any atom is 0.310 e. The number of nitrogens with zero attached hydrogens (tertiary/aromatic N) is 1. The van der Waals surface area contributed by atoms with Crippen LogP contribution in [0, 0.1) is 19.8 Å². The summed E-state index contributed by atoms with van der Waals surface area (Å²) in [6, 6.07) is 5.92. The van der Waals surface area contributed by atoms with E-state index < -0.39 is 10.9 Å². The van der Waals surface area contributed by atoms with Crippen molar-refractivity contribution in [3.05, 3.63) is 49.8 Å². The van der Waals surface area contributed by atoms with Gasteiger partial charge in [0, 0.05) is 18.8 Å². The van der Waals surface area contributed by atoms with Gasteiger partial charge in [-0.15, -0.1) is 0 Å². The summed E-state index contributed by atoms with van der Waals surface area (Å²) in [5.74, 6) is -0.498. The van der Waals surface area contributed by atoms with Crippen LogP contribution in [-0.4, -0.2) is 25.7 Å². The van der Waals surface area contributed by atoms with Crippen molar-refractivity contribution in [3.63, 3.8) is 0 Å². The lowest BCUT2D eigenvalue weighted by atomic mass is 9.96. The number of piperidine rings is 1. The van der Waals surface area contributed by atoms with Gasteiger partial charge in [-0.1, -0.05) is 6.07 Å². The molecule has 1 aliphatic heterocycles. The first-order valence-electron chi connectivity index (χ1n) is 9.01. The molecule has 0 unspecified atom stereocenters. The van der Waals surface area contributed by atoms with E-state index in [1.165, 1.54) is 0 Å². The highest BCUT2D eigenvalue weighted by Gasteiger charge is 2.33. The number of anilines is 3. The number of esters is 1. The summed E-state index contributed by atoms with van der Waals surface area (Å²) in [6.07, 6.45) is 1.52. The van der Waals surface area contributed by atoms with Crippen molar-refractivity contribution in [2.75, 3.05) is 29.9 Å². The zero-order chi connectivity index (χ0) is 18.8. The zero-order valence-corrected chi connectivity index (χ0v) is 15.4. The highest BCUT2D eigenvalue weighted by atomic mass is 16.5. The third kappa shape index (κ3) is 3.49. The van der Waals surface area contributed by atoms with E-state index >= 15 is 0 Å². The summed E-state index contributed by atoms with van der Waals surface area (Å²) < 4.78 is 5.11. The van der Waals surface area contributed by atoms with E-state index in [9.17, 15) is 14.4 Å². The van der Waals surface area contributed by atoms with E-state index in [2.05, 4.69) is 5.32 Å². The fourth-order valence-corrected chi connectivity index (χ4v) is 3.62. The van der Waals surface area contributed by atoms with Crippen LogP contribution in [0.5, 0.6) is 0 Å². The van der Waals surface area contributed by atoms with E-state index in [-0.39, 0.29) is 11.9 Å². The Morgan fingerprint density at radius 2 is 1.88 bits per heavy atom. The molecular formula is C20H24N2O4. The molecule has 1 atom stereocenters. The topological polar surface area (TPSA) is 75.7 Å². The first-order chi connectivity index (χ1) is 12.4. The van der Waals surface area contributed by atoms with Crippen LogP contribution in [0.25, 0.3) is 0 Å². The second-order valence-corrected chi connectivity index (χ2v) is 6.92. The van der Waals surface area contributed by atoms with Gasteiger partial charge < -0.3 is 15.0 Å². The number of hydrogen-bond donors (Lipinski definition) is 1. The van der Waals surface area contributed by atoms with Gasteiger partial charge in [0.2, 0.25) is 0 Å². The van der Waals surface area contributed by atoms with Crippen LogP contribution in [0.3, 0.4) is 0 Å². The monoisotopic (exact) mass is 356 g/mol. The lowest BCUT2D eigenvalue weighted by Crippen LogP contribution is -2.47. The normalized spacial score (nSPS) is 17.3. The average molecular weight is 356 g/mol. The molecule has 0 bridgehead atoms. The minimum absolute atomic E-state index is 0.236. The molecule has 2 aromatic rings. The van der Waals surface area contributed by atoms with Crippen molar-refractivity contribution in [3.8, 4) is 0 Å². The summed E-state index contributed by atoms with van der Waals surface area (Å²) in [7, 11) is 0. The predicted octanol–water partition coefficient (Wildman–Crippen LogP) is 2.42. The molecule has 1 N–H and O–H groups in total. The van der Waals surface area contributed by atoms with Gasteiger partial charge in [0.25, 0.3) is 10.9 Å². The molecule has 1 heterocycles. The molecule has 26 heavy (non-hydrogen) atoms. The van der Waals surface area contributed by atoms with Crippen molar-refractivity contribution in [1.29, 1.82) is 0 Å². The molecule has 0 radical (unpaired) electrons. The van der Waals surface area contributed by atoms with Crippen LogP contribution in [-0.2, 0) is 9.53 Å². The van der Waals surface area contributed by atoms with Crippen molar-refractivity contribution in [2.45, 2.75) is 33.6 Å². The Balaban J connectivity index is 1.83. The van der Waals surface area contributed by atoms with E-state index in [0.717, 1.165) is 29.7 Å². The number of benzene rings is 1. The van der Waals surface area contributed by atoms with Gasteiger partial charge in [0.05, 0.1) is 12.5 Å². The molecule has 2 aromatic carbocycles. The van der Waals surface area contributed by atoms with E-state index in [1.807, 2.05) is 36.9 Å². The van der Waals surface area contributed by atoms with Gasteiger partial charge in [0.15, 0.2) is 0 Å². The Morgan fingerprint density at radius 1 is 1.19 bits per heavy atom. The first-order valence-corrected chi connectivity index (χ1v) is 9.01. The Bertz CT molecular complexity index is 876. The molecule has 0 aliphatic carbocycles. The summed E-state index contributed by atoms with van der Waals surface area (Å²) in [6.45, 7) is 7.15. The molecule has 0 spiro atoms. The number of carbonyl (C=O) groups is 1. The second kappa shape index (κ2) is 7.32. The Labute approximate surface area is 152 Å². The van der Waals surface area contributed by atoms with E-state index in [4.69, 9.17) is 4.74 Å². The van der Waals surface area contributed by atoms with E-state index in [1.54, 1.807) is 6.92 Å². The molecule has 0 saturated carbocycles. The third-order valence-electron chi connectivity index (χ3n) is 4.73. The lowest BCUT2D eigenvalue weighted by molar-refractivity contribution is -0.148. The summed E-state index contributed by atoms with van der Waals surface area (Å²) in [5, 5.41) is 3.11. The molecule has 6 heteroatoms. The van der Waals surface area contributed by atoms with Crippen molar-refractivity contribution >= 4 is 23.0 Å². The van der Waals surface area contributed by atoms with Crippen molar-refractivity contribution in [2.24, 2.45) is 5.92 Å². The minimum Gasteiger partial charge on any atom is -0.466 e. The minimum atomic E-state index is -0.502. The number of hydrogen-bond acceptors (Lipinski definition) is 6. The molecular weight excluding hydrogens is 332 g/mol. The highest BCUT2D eigenvalue weighted by molar-refractivity contribution is 5.81. The molecule has 3 rings (SSSR count). The Morgan fingerprint density at radius 3 is 2.54 bits per heavy atom. The SMILES string of the molecule is CCOC(=O)[C@@H]1CCCN(c2c(Nc3cc(C)cc(C)c3)c(=O)c2=O)C1. The predicted molar refractivity (Wildman–Crippen MR) is 102 cm³/mol. The maximum absolute atomic E-state index is 12.2. The number of carbonyl (C=O) groups excluding carboxylic acids is 1. The number of ether oxygens (including phenoxy) is 1. The Kier molecular flexibility index (Phi) is 5.11. The Hall–Kier alpha value is -2.63. The second-order valence-electron chi connectivity index (χ2n) is 6.92. The van der Waals surface area contributed by atoms with Gasteiger partial charge in [-0.25, -0.2) is 0 Å². The fourth-order valence-electron chi connectivity index (χ4n) is 3.62. The molecule has 1 saturated heterocycles. The molecule has 0 amide bonds. The molecule has 0 aromatic heterocycles. The quantitative estimate of drug-likeness (QED) is 0.655. The number of nitrogens with one attached hydrogen (secondary N) is 1. The zero-order valence-electron chi connectivity index (χ0n) is 15.4. The van der Waals surface area contributed by atoms with Crippen LogP contribution < -0.4 is 21.1 Å². The van der Waals surface area contributed by atoms with Crippen LogP contribution in [0.15, 0.2) is 27.8 Å². The van der Waals surface area contributed by atoms with Gasteiger partial charge in [-0.2, -0.15) is 0 Å². The van der Waals surface area contributed by atoms with Crippen molar-refractivity contribution < 1.29 is 9.53 Å². The fraction of sp³-hybridized carbons (Fsp3) is 0.450. The summed E-state index contributed by atoms with van der Waals surface area (Å²) >= 11 is 0. The highest BCUT2D eigenvalue weighted by Crippen LogP contribution is 2.29. The lowest BCUT2D eigenvalue weighted by Gasteiger charge is -2.34. The van der Waals surface area contributed by atoms with Crippen LogP contribution in [0.1, 0.15) is 30.9 Å². The summed E-state index contributed by atoms with van der Waals surface area (Å²) in [5.41, 5.74) is 2.67. The molecule has 6 nitrogen and oxygen atoms in total. The van der Waals surface area contributed by atoms with Gasteiger partial charge in [-0.3, -0.25) is 14.4 Å². The average Bonchev–Trinajstić information content (AvgIpc) is 2.60. The van der Waals surface area contributed by atoms with Crippen LogP contribution >= 0.6 is 0 Å². The maximum atomic E-state index is 12.2. The van der Waals surface area contributed by atoms with E-state index in [0.29, 0.717) is 31.1 Å². The van der Waals surface area contributed by atoms with Crippen LogP contribution in [0.2, 0.25) is 0 Å². The van der Waals surface area contributed by atoms with Gasteiger partial charge in [-0.05, 0) is 56.9 Å². The molecule has 1 aliphatic rings. The number of rotatable bonds is 5. The first kappa shape index (κ1) is 18.2. The standard InChI is InChI=1S/C20H24N2O4/c1-4-26-20(25)14-6-5-7-22(11-14)17-16(18(23)19(17)24)21-15-9-12(2)8-13(3)10-15/h8-10,14,21H,4-7,11H2,1-3H3/t14-/m1/s1. The van der Waals surface area contributed by atoms with Gasteiger partial charge in [0.1, 0.15) is 11.4 Å². The third-order valence-corrected chi connectivity index (χ3v) is 4.73. The largest absolute Gasteiger partial charge is 0.466 e. The molecule has 1 fully saturated rings. The smallest absolute Gasteiger partial charge is 0.310 e. The van der Waals surface area contributed by atoms with Crippen molar-refractivity contribution in [1.82, 2.24) is 0 Å². The van der Waals surface area contributed by atoms with Gasteiger partial charge >= 0.3 is 5.97 Å². The van der Waals surface area contributed by atoms with Crippen LogP contribution in [0.4, 0.5) is 17.1 Å².